The van der Waals surface area contributed by atoms with E-state index >= 15 is 0 Å². The topological polar surface area (TPSA) is 21.3 Å². The highest BCUT2D eigenvalue weighted by Gasteiger charge is 1.99. The average molecular weight is 205 g/mol. The number of nitrogens with one attached hydrogen (secondary N) is 1. The van der Waals surface area contributed by atoms with Gasteiger partial charge in [-0.15, -0.1) is 0 Å². The molecule has 0 radical (unpaired) electrons. The summed E-state index contributed by atoms with van der Waals surface area (Å²) in [4.78, 5) is 5.31. The molecule has 0 spiro atoms. The van der Waals surface area contributed by atoms with Crippen molar-refractivity contribution in [3.8, 4) is 0 Å². The lowest BCUT2D eigenvalue weighted by Gasteiger charge is -2.10. The first-order valence-corrected chi connectivity index (χ1v) is 5.39. The molecule has 0 aliphatic carbocycles. The van der Waals surface area contributed by atoms with Gasteiger partial charge in [0.1, 0.15) is 0 Å². The van der Waals surface area contributed by atoms with Crippen molar-refractivity contribution in [3.05, 3.63) is 41.5 Å². The Morgan fingerprint density at radius 1 is 1.47 bits per heavy atom. The summed E-state index contributed by atoms with van der Waals surface area (Å²) < 4.78 is 0. The summed E-state index contributed by atoms with van der Waals surface area (Å²) in [5.74, 6) is 0. The Morgan fingerprint density at radius 2 is 2.27 bits per heavy atom. The van der Waals surface area contributed by atoms with Crippen LogP contribution in [0.15, 0.2) is 30.3 Å². The monoisotopic (exact) mass is 205 g/mol. The van der Waals surface area contributed by atoms with Gasteiger partial charge in [-0.2, -0.15) is 0 Å². The maximum absolute atomic E-state index is 5.31. The van der Waals surface area contributed by atoms with Gasteiger partial charge in [0.05, 0.1) is 12.3 Å². The first kappa shape index (κ1) is 11.8. The molecule has 0 aliphatic heterocycles. The van der Waals surface area contributed by atoms with Crippen molar-refractivity contribution in [2.45, 2.75) is 27.2 Å². The number of allylic oxidation sites excluding steroid dienone is 1. The van der Waals surface area contributed by atoms with Gasteiger partial charge in [-0.25, -0.2) is 0 Å². The summed E-state index contributed by atoms with van der Waals surface area (Å²) in [6.45, 7) is 6.90. The van der Waals surface area contributed by atoms with Crippen molar-refractivity contribution in [2.24, 2.45) is 0 Å². The van der Waals surface area contributed by atoms with E-state index in [9.17, 15) is 0 Å². The third-order valence-electron chi connectivity index (χ3n) is 2.11. The highest BCUT2D eigenvalue weighted by molar-refractivity contribution is 5.63. The molecule has 0 amide bonds. The second kappa shape index (κ2) is 6.25. The lowest BCUT2D eigenvalue weighted by Crippen LogP contribution is -2.13. The molecule has 1 rings (SSSR count). The fourth-order valence-electron chi connectivity index (χ4n) is 1.33. The molecule has 0 aliphatic rings. The summed E-state index contributed by atoms with van der Waals surface area (Å²) in [5, 5.41) is 0. The maximum Gasteiger partial charge on any atom is 0.0743 e. The SMILES string of the molecule is C/C=C(\NOCCC)c1cccc(C)c1. The van der Waals surface area contributed by atoms with Gasteiger partial charge in [0.15, 0.2) is 0 Å². The summed E-state index contributed by atoms with van der Waals surface area (Å²) in [6, 6.07) is 8.35. The minimum atomic E-state index is 0.725. The Kier molecular flexibility index (Phi) is 4.91. The second-order valence-corrected chi connectivity index (χ2v) is 3.52. The lowest BCUT2D eigenvalue weighted by molar-refractivity contribution is 0.0789. The molecule has 0 unspecified atom stereocenters. The first-order valence-electron chi connectivity index (χ1n) is 5.39. The second-order valence-electron chi connectivity index (χ2n) is 3.52. The Labute approximate surface area is 91.9 Å². The van der Waals surface area contributed by atoms with Gasteiger partial charge in [0.2, 0.25) is 0 Å². The molecule has 0 atom stereocenters. The molecule has 0 heterocycles. The van der Waals surface area contributed by atoms with Crippen molar-refractivity contribution < 1.29 is 4.84 Å². The fraction of sp³-hybridized carbons (Fsp3) is 0.385. The van der Waals surface area contributed by atoms with E-state index in [-0.39, 0.29) is 0 Å². The van der Waals surface area contributed by atoms with Crippen molar-refractivity contribution in [1.29, 1.82) is 0 Å². The van der Waals surface area contributed by atoms with Gasteiger partial charge in [-0.3, -0.25) is 10.3 Å². The number of hydroxylamine groups is 1. The minimum Gasteiger partial charge on any atom is -0.276 e. The van der Waals surface area contributed by atoms with Crippen molar-refractivity contribution in [2.75, 3.05) is 6.61 Å². The van der Waals surface area contributed by atoms with E-state index in [4.69, 9.17) is 4.84 Å². The van der Waals surface area contributed by atoms with Gasteiger partial charge in [0, 0.05) is 0 Å². The molecule has 15 heavy (non-hydrogen) atoms. The number of rotatable bonds is 5. The van der Waals surface area contributed by atoms with Crippen molar-refractivity contribution in [3.63, 3.8) is 0 Å². The number of benzene rings is 1. The van der Waals surface area contributed by atoms with Crippen LogP contribution in [0.1, 0.15) is 31.4 Å². The van der Waals surface area contributed by atoms with E-state index in [2.05, 4.69) is 43.6 Å². The molecule has 1 N–H and O–H groups in total. The molecule has 82 valence electrons. The van der Waals surface area contributed by atoms with Crippen molar-refractivity contribution in [1.82, 2.24) is 5.48 Å². The third kappa shape index (κ3) is 3.76. The molecular formula is C13H19NO. The van der Waals surface area contributed by atoms with Crippen LogP contribution in [0.3, 0.4) is 0 Å². The first-order chi connectivity index (χ1) is 7.27. The van der Waals surface area contributed by atoms with Crippen LogP contribution in [0.25, 0.3) is 5.70 Å². The average Bonchev–Trinajstić information content (AvgIpc) is 2.24. The molecule has 0 bridgehead atoms. The number of hydrogen-bond donors (Lipinski definition) is 1. The Bertz CT molecular complexity index is 331. The van der Waals surface area contributed by atoms with Gasteiger partial charge in [-0.1, -0.05) is 36.8 Å². The smallest absolute Gasteiger partial charge is 0.0743 e. The van der Waals surface area contributed by atoms with E-state index in [0.717, 1.165) is 24.3 Å². The number of aryl methyl sites for hydroxylation is 1. The summed E-state index contributed by atoms with van der Waals surface area (Å²) in [5.41, 5.74) is 6.41. The molecular weight excluding hydrogens is 186 g/mol. The summed E-state index contributed by atoms with van der Waals surface area (Å²) in [6.07, 6.45) is 3.03. The van der Waals surface area contributed by atoms with Crippen LogP contribution in [0.2, 0.25) is 0 Å². The van der Waals surface area contributed by atoms with Crippen LogP contribution >= 0.6 is 0 Å². The van der Waals surface area contributed by atoms with E-state index in [1.165, 1.54) is 5.56 Å². The Hall–Kier alpha value is -1.28. The molecule has 2 heteroatoms. The zero-order valence-electron chi connectivity index (χ0n) is 9.71. The minimum absolute atomic E-state index is 0.725. The predicted octanol–water partition coefficient (Wildman–Crippen LogP) is 3.29. The highest BCUT2D eigenvalue weighted by Crippen LogP contribution is 2.12. The normalized spacial score (nSPS) is 11.5. The molecule has 1 aromatic carbocycles. The maximum atomic E-state index is 5.31. The van der Waals surface area contributed by atoms with Gasteiger partial charge < -0.3 is 0 Å². The van der Waals surface area contributed by atoms with Crippen LogP contribution in [0.5, 0.6) is 0 Å². The van der Waals surface area contributed by atoms with E-state index < -0.39 is 0 Å². The third-order valence-corrected chi connectivity index (χ3v) is 2.11. The Morgan fingerprint density at radius 3 is 2.87 bits per heavy atom. The van der Waals surface area contributed by atoms with Crippen LogP contribution in [0.4, 0.5) is 0 Å². The van der Waals surface area contributed by atoms with Crippen LogP contribution < -0.4 is 5.48 Å². The summed E-state index contributed by atoms with van der Waals surface area (Å²) >= 11 is 0. The quantitative estimate of drug-likeness (QED) is 0.588. The van der Waals surface area contributed by atoms with Crippen molar-refractivity contribution >= 4 is 5.70 Å². The molecule has 0 fully saturated rings. The highest BCUT2D eigenvalue weighted by atomic mass is 16.6. The fourth-order valence-corrected chi connectivity index (χ4v) is 1.33. The van der Waals surface area contributed by atoms with Crippen LogP contribution in [-0.2, 0) is 4.84 Å². The Balaban J connectivity index is 2.67. The number of hydrogen-bond acceptors (Lipinski definition) is 2. The van der Waals surface area contributed by atoms with E-state index in [1.54, 1.807) is 0 Å². The standard InChI is InChI=1S/C13H19NO/c1-4-9-15-14-13(5-2)12-8-6-7-11(3)10-12/h5-8,10,14H,4,9H2,1-3H3/b13-5-. The molecule has 1 aromatic rings. The van der Waals surface area contributed by atoms with Crippen LogP contribution in [-0.4, -0.2) is 6.61 Å². The molecule has 0 saturated heterocycles. The summed E-state index contributed by atoms with van der Waals surface area (Å²) in [7, 11) is 0. The molecule has 0 saturated carbocycles. The van der Waals surface area contributed by atoms with E-state index in [1.807, 2.05) is 13.0 Å². The van der Waals surface area contributed by atoms with E-state index in [0.29, 0.717) is 0 Å². The van der Waals surface area contributed by atoms with Crippen LogP contribution in [0, 0.1) is 6.92 Å². The predicted molar refractivity (Wildman–Crippen MR) is 64.2 cm³/mol. The molecule has 0 aromatic heterocycles. The molecule has 2 nitrogen and oxygen atoms in total. The van der Waals surface area contributed by atoms with Gasteiger partial charge in [0.25, 0.3) is 0 Å². The largest absolute Gasteiger partial charge is 0.276 e. The zero-order chi connectivity index (χ0) is 11.1. The zero-order valence-corrected chi connectivity index (χ0v) is 9.71. The lowest BCUT2D eigenvalue weighted by atomic mass is 10.1. The van der Waals surface area contributed by atoms with Gasteiger partial charge >= 0.3 is 0 Å². The van der Waals surface area contributed by atoms with Gasteiger partial charge in [-0.05, 0) is 31.9 Å².